The topological polar surface area (TPSA) is 88.1 Å². The molecule has 2 aromatic rings. The van der Waals surface area contributed by atoms with Gasteiger partial charge in [0.1, 0.15) is 0 Å². The summed E-state index contributed by atoms with van der Waals surface area (Å²) in [5.74, 6) is -0.317. The minimum Gasteiger partial charge on any atom is -0.402 e. The molecule has 0 unspecified atom stereocenters. The number of benzene rings is 2. The average molecular weight is 389 g/mol. The second kappa shape index (κ2) is 7.71. The molecule has 0 spiro atoms. The van der Waals surface area contributed by atoms with Crippen LogP contribution in [0.2, 0.25) is 0 Å². The molecule has 1 saturated heterocycles. The van der Waals surface area contributed by atoms with Gasteiger partial charge in [-0.1, -0.05) is 12.1 Å². The minimum atomic E-state index is -0.523. The zero-order valence-corrected chi connectivity index (χ0v) is 15.8. The Morgan fingerprint density at radius 3 is 2.45 bits per heavy atom. The first-order chi connectivity index (χ1) is 14.0. The molecule has 0 aromatic heterocycles. The number of carbonyl (C=O) groups excluding carboxylic acids is 3. The highest BCUT2D eigenvalue weighted by molar-refractivity contribution is 6.13. The largest absolute Gasteiger partial charge is 0.402 e. The van der Waals surface area contributed by atoms with Crippen molar-refractivity contribution in [3.8, 4) is 0 Å². The predicted octanol–water partition coefficient (Wildman–Crippen LogP) is 3.12. The number of ether oxygens (including phenoxy) is 1. The molecule has 29 heavy (non-hydrogen) atoms. The van der Waals surface area contributed by atoms with Crippen LogP contribution in [0.1, 0.15) is 30.9 Å². The summed E-state index contributed by atoms with van der Waals surface area (Å²) in [6.07, 6.45) is 3.07. The summed E-state index contributed by atoms with van der Waals surface area (Å²) in [7, 11) is 0. The van der Waals surface area contributed by atoms with Crippen molar-refractivity contribution in [3.05, 3.63) is 65.4 Å². The van der Waals surface area contributed by atoms with Crippen LogP contribution in [0.15, 0.2) is 59.2 Å². The molecule has 4 rings (SSSR count). The number of cyclic esters (lactones) is 1. The van der Waals surface area contributed by atoms with E-state index in [0.717, 1.165) is 24.2 Å². The summed E-state index contributed by atoms with van der Waals surface area (Å²) >= 11 is 0. The maximum absolute atomic E-state index is 12.2. The highest BCUT2D eigenvalue weighted by atomic mass is 16.6. The van der Waals surface area contributed by atoms with Crippen molar-refractivity contribution in [1.29, 1.82) is 0 Å². The lowest BCUT2D eigenvalue weighted by atomic mass is 10.1. The van der Waals surface area contributed by atoms with Gasteiger partial charge in [0.25, 0.3) is 0 Å². The number of nitrogens with one attached hydrogen (secondary N) is 1. The number of anilines is 2. The summed E-state index contributed by atoms with van der Waals surface area (Å²) in [6.45, 7) is 2.16. The smallest absolute Gasteiger partial charge is 0.363 e. The molecule has 0 aliphatic carbocycles. The van der Waals surface area contributed by atoms with E-state index < -0.39 is 5.97 Å². The fourth-order valence-electron chi connectivity index (χ4n) is 3.26. The van der Waals surface area contributed by atoms with E-state index >= 15 is 0 Å². The first kappa shape index (κ1) is 18.6. The van der Waals surface area contributed by atoms with Crippen LogP contribution >= 0.6 is 0 Å². The molecular weight excluding hydrogens is 370 g/mol. The predicted molar refractivity (Wildman–Crippen MR) is 109 cm³/mol. The van der Waals surface area contributed by atoms with Gasteiger partial charge >= 0.3 is 5.97 Å². The summed E-state index contributed by atoms with van der Waals surface area (Å²) in [5.41, 5.74) is 3.13. The Balaban J connectivity index is 1.52. The number of amides is 2. The van der Waals surface area contributed by atoms with E-state index in [9.17, 15) is 14.4 Å². The van der Waals surface area contributed by atoms with E-state index in [1.807, 2.05) is 12.1 Å². The lowest BCUT2D eigenvalue weighted by Crippen LogP contribution is -2.23. The minimum absolute atomic E-state index is 0.122. The van der Waals surface area contributed by atoms with Gasteiger partial charge in [-0.05, 0) is 54.5 Å². The van der Waals surface area contributed by atoms with Crippen molar-refractivity contribution in [2.75, 3.05) is 16.8 Å². The molecule has 146 valence electrons. The number of carbonyl (C=O) groups is 3. The first-order valence-electron chi connectivity index (χ1n) is 9.30. The fourth-order valence-corrected chi connectivity index (χ4v) is 3.26. The Morgan fingerprint density at radius 2 is 1.83 bits per heavy atom. The van der Waals surface area contributed by atoms with Crippen molar-refractivity contribution in [3.63, 3.8) is 0 Å². The van der Waals surface area contributed by atoms with Gasteiger partial charge < -0.3 is 15.0 Å². The van der Waals surface area contributed by atoms with Crippen LogP contribution < -0.4 is 10.2 Å². The van der Waals surface area contributed by atoms with E-state index in [2.05, 4.69) is 10.3 Å². The fraction of sp³-hybridized carbons (Fsp3) is 0.182. The number of esters is 1. The van der Waals surface area contributed by atoms with Crippen molar-refractivity contribution in [2.24, 2.45) is 4.99 Å². The quantitative estimate of drug-likeness (QED) is 0.643. The maximum Gasteiger partial charge on any atom is 0.363 e. The van der Waals surface area contributed by atoms with Crippen molar-refractivity contribution < 1.29 is 19.1 Å². The van der Waals surface area contributed by atoms with Gasteiger partial charge in [-0.15, -0.1) is 0 Å². The molecule has 2 aliphatic rings. The summed E-state index contributed by atoms with van der Waals surface area (Å²) in [6, 6.07) is 14.3. The van der Waals surface area contributed by atoms with Gasteiger partial charge in [-0.3, -0.25) is 9.59 Å². The highest BCUT2D eigenvalue weighted by Gasteiger charge is 2.25. The molecular formula is C22H19N3O4. The van der Waals surface area contributed by atoms with Gasteiger partial charge in [-0.2, -0.15) is 0 Å². The maximum atomic E-state index is 12.2. The Bertz CT molecular complexity index is 1040. The third-order valence-corrected chi connectivity index (χ3v) is 4.65. The second-order valence-corrected chi connectivity index (χ2v) is 6.84. The van der Waals surface area contributed by atoms with Crippen LogP contribution in [0.4, 0.5) is 11.4 Å². The van der Waals surface area contributed by atoms with E-state index in [4.69, 9.17) is 4.74 Å². The monoisotopic (exact) mass is 389 g/mol. The third kappa shape index (κ3) is 4.08. The van der Waals surface area contributed by atoms with E-state index in [1.54, 1.807) is 47.4 Å². The van der Waals surface area contributed by atoms with E-state index in [-0.39, 0.29) is 23.4 Å². The van der Waals surface area contributed by atoms with Crippen LogP contribution in [0.25, 0.3) is 6.08 Å². The normalized spacial score (nSPS) is 17.5. The summed E-state index contributed by atoms with van der Waals surface area (Å²) < 4.78 is 5.30. The zero-order chi connectivity index (χ0) is 20.4. The van der Waals surface area contributed by atoms with Crippen LogP contribution in [0.5, 0.6) is 0 Å². The molecule has 2 amide bonds. The molecule has 0 radical (unpaired) electrons. The van der Waals surface area contributed by atoms with Gasteiger partial charge in [0.2, 0.25) is 17.7 Å². The Labute approximate surface area is 167 Å². The third-order valence-electron chi connectivity index (χ3n) is 4.65. The Kier molecular flexibility index (Phi) is 4.95. The lowest BCUT2D eigenvalue weighted by Gasteiger charge is -2.15. The molecule has 2 heterocycles. The molecule has 0 saturated carbocycles. The number of hydrogen-bond acceptors (Lipinski definition) is 5. The summed E-state index contributed by atoms with van der Waals surface area (Å²) in [4.78, 5) is 41.2. The number of aliphatic imine (C=N–C) groups is 1. The number of hydrogen-bond donors (Lipinski definition) is 1. The summed E-state index contributed by atoms with van der Waals surface area (Å²) in [5, 5.41) is 2.69. The second-order valence-electron chi connectivity index (χ2n) is 6.84. The average Bonchev–Trinajstić information content (AvgIpc) is 3.29. The van der Waals surface area contributed by atoms with E-state index in [1.165, 1.54) is 6.92 Å². The van der Waals surface area contributed by atoms with E-state index in [0.29, 0.717) is 17.7 Å². The van der Waals surface area contributed by atoms with Crippen LogP contribution in [0.3, 0.4) is 0 Å². The van der Waals surface area contributed by atoms with Crippen molar-refractivity contribution in [2.45, 2.75) is 19.8 Å². The molecule has 7 heteroatoms. The molecule has 1 N–H and O–H groups in total. The van der Waals surface area contributed by atoms with Gasteiger partial charge in [0.05, 0.1) is 0 Å². The Hall–Kier alpha value is -3.74. The zero-order valence-electron chi connectivity index (χ0n) is 15.8. The SMILES string of the molecule is CC(=O)Nc1ccc(C=C2N=C(c3ccc(N4CCCC4=O)cc3)OC2=O)cc1. The molecule has 0 bridgehead atoms. The first-order valence-corrected chi connectivity index (χ1v) is 9.30. The van der Waals surface area contributed by atoms with Crippen LogP contribution in [0, 0.1) is 0 Å². The number of nitrogens with zero attached hydrogens (tertiary/aromatic N) is 2. The van der Waals surface area contributed by atoms with Gasteiger partial charge in [0.15, 0.2) is 5.70 Å². The van der Waals surface area contributed by atoms with Crippen LogP contribution in [-0.4, -0.2) is 30.2 Å². The van der Waals surface area contributed by atoms with Crippen molar-refractivity contribution >= 4 is 41.1 Å². The standard InChI is InChI=1S/C22H19N3O4/c1-14(26)23-17-8-4-15(5-9-17)13-19-22(28)29-21(24-19)16-6-10-18(11-7-16)25-12-2-3-20(25)27/h4-11,13H,2-3,12H2,1H3,(H,23,26). The molecule has 1 fully saturated rings. The van der Waals surface area contributed by atoms with Crippen LogP contribution in [-0.2, 0) is 19.1 Å². The lowest BCUT2D eigenvalue weighted by molar-refractivity contribution is -0.130. The molecule has 0 atom stereocenters. The molecule has 2 aliphatic heterocycles. The highest BCUT2D eigenvalue weighted by Crippen LogP contribution is 2.24. The number of rotatable bonds is 4. The Morgan fingerprint density at radius 1 is 1.10 bits per heavy atom. The van der Waals surface area contributed by atoms with Gasteiger partial charge in [0, 0.05) is 36.8 Å². The molecule has 2 aromatic carbocycles. The molecule has 7 nitrogen and oxygen atoms in total. The van der Waals surface area contributed by atoms with Gasteiger partial charge in [-0.25, -0.2) is 9.79 Å². The van der Waals surface area contributed by atoms with Crippen molar-refractivity contribution in [1.82, 2.24) is 0 Å².